The average Bonchev–Trinajstić information content (AvgIpc) is 2.59. The molecule has 0 spiro atoms. The number of hydrogen-bond donors (Lipinski definition) is 0. The van der Waals surface area contributed by atoms with Crippen LogP contribution in [0, 0.1) is 22.7 Å². The van der Waals surface area contributed by atoms with Crippen molar-refractivity contribution in [2.75, 3.05) is 25.0 Å². The first-order chi connectivity index (χ1) is 9.67. The first-order valence-electron chi connectivity index (χ1n) is 7.00. The quantitative estimate of drug-likeness (QED) is 0.826. The molecule has 0 radical (unpaired) electrons. The van der Waals surface area contributed by atoms with E-state index < -0.39 is 0 Å². The zero-order chi connectivity index (χ0) is 14.5. The number of rotatable bonds is 2. The molecule has 4 heteroatoms. The number of anilines is 1. The molecule has 0 amide bonds. The van der Waals surface area contributed by atoms with Gasteiger partial charge in [-0.05, 0) is 39.1 Å². The first-order valence-corrected chi connectivity index (χ1v) is 7.00. The van der Waals surface area contributed by atoms with Gasteiger partial charge in [-0.25, -0.2) is 0 Å². The lowest BCUT2D eigenvalue weighted by atomic mass is 10.1. The molecule has 20 heavy (non-hydrogen) atoms. The van der Waals surface area contributed by atoms with Crippen molar-refractivity contribution in [3.8, 4) is 12.1 Å². The highest BCUT2D eigenvalue weighted by Gasteiger charge is 2.29. The molecule has 1 saturated heterocycles. The Morgan fingerprint density at radius 3 is 2.75 bits per heavy atom. The van der Waals surface area contributed by atoms with E-state index in [4.69, 9.17) is 5.26 Å². The Hall–Kier alpha value is -2.04. The Morgan fingerprint density at radius 2 is 2.05 bits per heavy atom. The molecule has 0 aliphatic carbocycles. The van der Waals surface area contributed by atoms with Gasteiger partial charge in [-0.1, -0.05) is 12.1 Å². The maximum Gasteiger partial charge on any atom is 0.101 e. The summed E-state index contributed by atoms with van der Waals surface area (Å²) < 4.78 is 0. The summed E-state index contributed by atoms with van der Waals surface area (Å²) in [6.07, 6.45) is 1.52. The molecule has 104 valence electrons. The molecule has 1 heterocycles. The lowest BCUT2D eigenvalue weighted by Gasteiger charge is -2.36. The van der Waals surface area contributed by atoms with Crippen LogP contribution in [0.4, 0.5) is 5.69 Å². The van der Waals surface area contributed by atoms with Crippen LogP contribution >= 0.6 is 0 Å². The van der Waals surface area contributed by atoms with E-state index in [0.29, 0.717) is 18.0 Å². The molecule has 0 N–H and O–H groups in total. The highest BCUT2D eigenvalue weighted by molar-refractivity contribution is 5.60. The molecule has 2 unspecified atom stereocenters. The summed E-state index contributed by atoms with van der Waals surface area (Å²) in [6, 6.07) is 12.7. The summed E-state index contributed by atoms with van der Waals surface area (Å²) in [4.78, 5) is 4.54. The van der Waals surface area contributed by atoms with Crippen LogP contribution in [0.5, 0.6) is 0 Å². The van der Waals surface area contributed by atoms with Crippen LogP contribution in [0.1, 0.15) is 25.3 Å². The fourth-order valence-electron chi connectivity index (χ4n) is 2.94. The number of hydrogen-bond acceptors (Lipinski definition) is 4. The molecule has 2 rings (SSSR count). The third-order valence-electron chi connectivity index (χ3n) is 3.95. The number of likely N-dealkylation sites (N-methyl/N-ethyl adjacent to an activating group) is 1. The molecule has 0 aromatic heterocycles. The molecule has 2 atom stereocenters. The second-order valence-corrected chi connectivity index (χ2v) is 5.45. The van der Waals surface area contributed by atoms with Crippen molar-refractivity contribution in [2.45, 2.75) is 31.8 Å². The zero-order valence-electron chi connectivity index (χ0n) is 12.1. The zero-order valence-corrected chi connectivity index (χ0v) is 12.1. The van der Waals surface area contributed by atoms with E-state index in [9.17, 15) is 5.26 Å². The van der Waals surface area contributed by atoms with Crippen molar-refractivity contribution >= 4 is 5.69 Å². The van der Waals surface area contributed by atoms with E-state index in [2.05, 4.69) is 35.9 Å². The fourth-order valence-corrected chi connectivity index (χ4v) is 2.94. The largest absolute Gasteiger partial charge is 0.362 e. The molecule has 4 nitrogen and oxygen atoms in total. The van der Waals surface area contributed by atoms with Crippen LogP contribution in [-0.2, 0) is 0 Å². The third kappa shape index (κ3) is 2.92. The van der Waals surface area contributed by atoms with Gasteiger partial charge in [0.05, 0.1) is 29.8 Å². The molecular weight excluding hydrogens is 248 g/mol. The average molecular weight is 268 g/mol. The standard InChI is InChI=1S/C16H20N4/c1-13-8-10-19(2)12-15(7-9-17)20(13)16-6-4-3-5-14(16)11-18/h3-6,13,15H,7-8,10,12H2,1-2H3. The van der Waals surface area contributed by atoms with Gasteiger partial charge in [0.15, 0.2) is 0 Å². The molecule has 1 aromatic carbocycles. The number of benzene rings is 1. The summed E-state index contributed by atoms with van der Waals surface area (Å²) in [6.45, 7) is 4.06. The van der Waals surface area contributed by atoms with Gasteiger partial charge in [-0.2, -0.15) is 10.5 Å². The van der Waals surface area contributed by atoms with Crippen LogP contribution in [0.3, 0.4) is 0 Å². The fraction of sp³-hybridized carbons (Fsp3) is 0.500. The molecule has 1 aliphatic heterocycles. The normalized spacial score (nSPS) is 23.7. The molecule has 0 bridgehead atoms. The summed E-state index contributed by atoms with van der Waals surface area (Å²) in [7, 11) is 2.09. The first kappa shape index (κ1) is 14.4. The minimum absolute atomic E-state index is 0.136. The Balaban J connectivity index is 2.43. The second kappa shape index (κ2) is 6.41. The highest BCUT2D eigenvalue weighted by atomic mass is 15.3. The van der Waals surface area contributed by atoms with E-state index in [-0.39, 0.29) is 6.04 Å². The molecular formula is C16H20N4. The highest BCUT2D eigenvalue weighted by Crippen LogP contribution is 2.28. The molecule has 0 saturated carbocycles. The maximum atomic E-state index is 9.32. The van der Waals surface area contributed by atoms with Crippen LogP contribution in [0.15, 0.2) is 24.3 Å². The van der Waals surface area contributed by atoms with Gasteiger partial charge in [0.2, 0.25) is 0 Å². The Morgan fingerprint density at radius 1 is 1.30 bits per heavy atom. The van der Waals surface area contributed by atoms with Gasteiger partial charge >= 0.3 is 0 Å². The van der Waals surface area contributed by atoms with Crippen molar-refractivity contribution in [2.24, 2.45) is 0 Å². The van der Waals surface area contributed by atoms with Crippen molar-refractivity contribution in [3.05, 3.63) is 29.8 Å². The summed E-state index contributed by atoms with van der Waals surface area (Å²) >= 11 is 0. The molecule has 1 fully saturated rings. The van der Waals surface area contributed by atoms with Gasteiger partial charge in [0.1, 0.15) is 6.07 Å². The number of nitriles is 2. The summed E-state index contributed by atoms with van der Waals surface area (Å²) in [5.74, 6) is 0. The lowest BCUT2D eigenvalue weighted by Crippen LogP contribution is -2.44. The minimum atomic E-state index is 0.136. The van der Waals surface area contributed by atoms with Gasteiger partial charge in [0.25, 0.3) is 0 Å². The SMILES string of the molecule is CC1CCN(C)CC(CC#N)N1c1ccccc1C#N. The van der Waals surface area contributed by atoms with Crippen molar-refractivity contribution in [3.63, 3.8) is 0 Å². The molecule has 1 aromatic rings. The van der Waals surface area contributed by atoms with Gasteiger partial charge < -0.3 is 9.80 Å². The van der Waals surface area contributed by atoms with Crippen LogP contribution in [0.2, 0.25) is 0 Å². The maximum absolute atomic E-state index is 9.32. The number of para-hydroxylation sites is 1. The van der Waals surface area contributed by atoms with Crippen molar-refractivity contribution in [1.82, 2.24) is 4.90 Å². The predicted octanol–water partition coefficient (Wildman–Crippen LogP) is 2.37. The number of nitrogens with zero attached hydrogens (tertiary/aromatic N) is 4. The van der Waals surface area contributed by atoms with Crippen LogP contribution in [-0.4, -0.2) is 37.1 Å². The Kier molecular flexibility index (Phi) is 4.61. The minimum Gasteiger partial charge on any atom is -0.362 e. The Labute approximate surface area is 120 Å². The van der Waals surface area contributed by atoms with E-state index in [1.165, 1.54) is 0 Å². The monoisotopic (exact) mass is 268 g/mol. The van der Waals surface area contributed by atoms with E-state index >= 15 is 0 Å². The van der Waals surface area contributed by atoms with Gasteiger partial charge in [-0.15, -0.1) is 0 Å². The predicted molar refractivity (Wildman–Crippen MR) is 79.2 cm³/mol. The van der Waals surface area contributed by atoms with Gasteiger partial charge in [-0.3, -0.25) is 0 Å². The van der Waals surface area contributed by atoms with Gasteiger partial charge in [0, 0.05) is 12.6 Å². The second-order valence-electron chi connectivity index (χ2n) is 5.45. The molecule has 1 aliphatic rings. The van der Waals surface area contributed by atoms with Crippen LogP contribution in [0.25, 0.3) is 0 Å². The van der Waals surface area contributed by atoms with Crippen molar-refractivity contribution < 1.29 is 0 Å². The van der Waals surface area contributed by atoms with E-state index in [1.807, 2.05) is 24.3 Å². The smallest absolute Gasteiger partial charge is 0.101 e. The summed E-state index contributed by atoms with van der Waals surface area (Å²) in [5, 5.41) is 18.4. The summed E-state index contributed by atoms with van der Waals surface area (Å²) in [5.41, 5.74) is 1.64. The van der Waals surface area contributed by atoms with E-state index in [1.54, 1.807) is 0 Å². The van der Waals surface area contributed by atoms with E-state index in [0.717, 1.165) is 25.2 Å². The van der Waals surface area contributed by atoms with Crippen LogP contribution < -0.4 is 4.90 Å². The topological polar surface area (TPSA) is 54.1 Å². The third-order valence-corrected chi connectivity index (χ3v) is 3.95. The lowest BCUT2D eigenvalue weighted by molar-refractivity contribution is 0.331. The Bertz CT molecular complexity index is 540. The van der Waals surface area contributed by atoms with Crippen molar-refractivity contribution in [1.29, 1.82) is 10.5 Å².